The maximum atomic E-state index is 13.9. The number of allylic oxidation sites excluding steroid dienone is 1. The normalized spacial score (nSPS) is 14.2. The van der Waals surface area contributed by atoms with Crippen molar-refractivity contribution in [2.45, 2.75) is 33.4 Å². The third-order valence-corrected chi connectivity index (χ3v) is 7.84. The van der Waals surface area contributed by atoms with E-state index in [1.165, 1.54) is 6.33 Å². The molecule has 0 saturated heterocycles. The van der Waals surface area contributed by atoms with Crippen LogP contribution in [0.2, 0.25) is 10.0 Å². The first-order valence-corrected chi connectivity index (χ1v) is 14.8. The topological polar surface area (TPSA) is 99.5 Å². The predicted octanol–water partition coefficient (Wildman–Crippen LogP) is 7.65. The van der Waals surface area contributed by atoms with Crippen LogP contribution in [-0.2, 0) is 11.4 Å². The van der Waals surface area contributed by atoms with E-state index < -0.39 is 6.04 Å². The molecule has 0 spiro atoms. The van der Waals surface area contributed by atoms with Crippen molar-refractivity contribution in [1.82, 2.24) is 14.8 Å². The zero-order valence-electron chi connectivity index (χ0n) is 23.1. The lowest BCUT2D eigenvalue weighted by molar-refractivity contribution is -0.113. The van der Waals surface area contributed by atoms with Gasteiger partial charge < -0.3 is 24.8 Å². The lowest BCUT2D eigenvalue weighted by Crippen LogP contribution is -2.31. The summed E-state index contributed by atoms with van der Waals surface area (Å²) in [7, 11) is 0. The van der Waals surface area contributed by atoms with Crippen molar-refractivity contribution in [3.05, 3.63) is 97.8 Å². The van der Waals surface area contributed by atoms with Crippen LogP contribution in [0.3, 0.4) is 0 Å². The zero-order valence-corrected chi connectivity index (χ0v) is 26.2. The Labute approximate surface area is 261 Å². The molecule has 218 valence electrons. The van der Waals surface area contributed by atoms with Crippen LogP contribution in [0.25, 0.3) is 0 Å². The molecule has 1 aromatic heterocycles. The summed E-state index contributed by atoms with van der Waals surface area (Å²) in [6, 6.07) is 15.7. The molecule has 0 bridgehead atoms. The number of carbonyl (C=O) groups is 1. The number of benzene rings is 3. The van der Waals surface area contributed by atoms with E-state index in [-0.39, 0.29) is 12.5 Å². The molecule has 12 heteroatoms. The van der Waals surface area contributed by atoms with Crippen LogP contribution in [0, 0.1) is 0 Å². The average molecular weight is 673 g/mol. The number of rotatable bonds is 10. The fourth-order valence-corrected chi connectivity index (χ4v) is 5.78. The van der Waals surface area contributed by atoms with Crippen molar-refractivity contribution >= 4 is 56.7 Å². The fraction of sp³-hybridized carbons (Fsp3) is 0.233. The van der Waals surface area contributed by atoms with E-state index >= 15 is 0 Å². The highest BCUT2D eigenvalue weighted by molar-refractivity contribution is 9.10. The Hall–Kier alpha value is -3.73. The Kier molecular flexibility index (Phi) is 9.25. The third-order valence-electron chi connectivity index (χ3n) is 6.54. The van der Waals surface area contributed by atoms with Crippen LogP contribution in [-0.4, -0.2) is 33.9 Å². The summed E-state index contributed by atoms with van der Waals surface area (Å²) in [5, 5.41) is 11.7. The fourth-order valence-electron chi connectivity index (χ4n) is 4.70. The Balaban J connectivity index is 1.54. The van der Waals surface area contributed by atoms with Crippen molar-refractivity contribution in [2.24, 2.45) is 0 Å². The second-order valence-electron chi connectivity index (χ2n) is 9.23. The van der Waals surface area contributed by atoms with E-state index in [0.29, 0.717) is 73.4 Å². The van der Waals surface area contributed by atoms with Crippen molar-refractivity contribution in [3.8, 4) is 17.2 Å². The first-order valence-electron chi connectivity index (χ1n) is 13.2. The van der Waals surface area contributed by atoms with Crippen molar-refractivity contribution < 1.29 is 19.0 Å². The maximum absolute atomic E-state index is 13.9. The molecule has 1 atom stereocenters. The third kappa shape index (κ3) is 6.06. The predicted molar refractivity (Wildman–Crippen MR) is 167 cm³/mol. The molecule has 0 saturated carbocycles. The number of nitrogens with zero attached hydrogens (tertiary/aromatic N) is 3. The van der Waals surface area contributed by atoms with Crippen LogP contribution >= 0.6 is 39.1 Å². The molecule has 0 radical (unpaired) electrons. The largest absolute Gasteiger partial charge is 0.492 e. The van der Waals surface area contributed by atoms with Gasteiger partial charge in [0.25, 0.3) is 5.91 Å². The molecular formula is C30H28BrCl2N5O4. The van der Waals surface area contributed by atoms with Crippen LogP contribution in [0.1, 0.15) is 37.9 Å². The number of hydrogen-bond donors (Lipinski definition) is 2. The summed E-state index contributed by atoms with van der Waals surface area (Å²) in [6.07, 6.45) is 1.44. The number of fused-ring (bicyclic) bond motifs is 1. The van der Waals surface area contributed by atoms with Crippen molar-refractivity contribution in [2.75, 3.05) is 23.8 Å². The molecule has 9 nitrogen and oxygen atoms in total. The lowest BCUT2D eigenvalue weighted by Gasteiger charge is -2.29. The van der Waals surface area contributed by atoms with E-state index in [2.05, 4.69) is 36.6 Å². The smallest absolute Gasteiger partial charge is 0.255 e. The quantitative estimate of drug-likeness (QED) is 0.179. The van der Waals surface area contributed by atoms with E-state index in [0.717, 1.165) is 5.56 Å². The maximum Gasteiger partial charge on any atom is 0.255 e. The standard InChI is InChI=1S/C30H28BrCl2N5O4/c1-4-40-24-12-7-6-11-23(24)37-29(39)26-17(3)36-30-34-16-35-38(30)27(26)18-13-20(31)28(25(14-18)41-5-2)42-15-19-21(32)9-8-10-22(19)33/h6-14,16,27H,4-5,15H2,1-3H3,(H,37,39)(H,34,35,36). The number of aromatic nitrogens is 3. The van der Waals surface area contributed by atoms with Crippen LogP contribution in [0.4, 0.5) is 11.6 Å². The molecule has 42 heavy (non-hydrogen) atoms. The highest BCUT2D eigenvalue weighted by Crippen LogP contribution is 2.43. The molecule has 1 unspecified atom stereocenters. The summed E-state index contributed by atoms with van der Waals surface area (Å²) in [5.74, 6) is 1.72. The van der Waals surface area contributed by atoms with Gasteiger partial charge in [0.05, 0.1) is 28.9 Å². The van der Waals surface area contributed by atoms with E-state index in [1.807, 2.05) is 51.1 Å². The number of anilines is 2. The molecule has 1 aliphatic rings. The summed E-state index contributed by atoms with van der Waals surface area (Å²) < 4.78 is 20.2. The molecule has 2 heterocycles. The number of halogens is 3. The minimum atomic E-state index is -0.634. The van der Waals surface area contributed by atoms with Gasteiger partial charge in [-0.15, -0.1) is 0 Å². The summed E-state index contributed by atoms with van der Waals surface area (Å²) in [6.45, 7) is 6.58. The van der Waals surface area contributed by atoms with Gasteiger partial charge >= 0.3 is 0 Å². The van der Waals surface area contributed by atoms with Crippen molar-refractivity contribution in [1.29, 1.82) is 0 Å². The van der Waals surface area contributed by atoms with Crippen molar-refractivity contribution in [3.63, 3.8) is 0 Å². The first kappa shape index (κ1) is 29.8. The van der Waals surface area contributed by atoms with Gasteiger partial charge in [-0.3, -0.25) is 4.79 Å². The number of carbonyl (C=O) groups excluding carboxylic acids is 1. The van der Waals surface area contributed by atoms with Crippen LogP contribution in [0.15, 0.2) is 76.7 Å². The molecule has 0 fully saturated rings. The number of hydrogen-bond acceptors (Lipinski definition) is 7. The number of para-hydroxylation sites is 2. The van der Waals surface area contributed by atoms with E-state index in [1.54, 1.807) is 28.9 Å². The Morgan fingerprint density at radius 3 is 2.48 bits per heavy atom. The van der Waals surface area contributed by atoms with E-state index in [9.17, 15) is 4.79 Å². The minimum Gasteiger partial charge on any atom is -0.492 e. The molecule has 5 rings (SSSR count). The van der Waals surface area contributed by atoms with E-state index in [4.69, 9.17) is 37.4 Å². The molecule has 2 N–H and O–H groups in total. The zero-order chi connectivity index (χ0) is 29.8. The van der Waals surface area contributed by atoms with Gasteiger partial charge in [-0.05, 0) is 78.7 Å². The Morgan fingerprint density at radius 2 is 1.74 bits per heavy atom. The SMILES string of the molecule is CCOc1ccccc1NC(=O)C1=C(C)Nc2ncnn2C1c1cc(Br)c(OCc2c(Cl)cccc2Cl)c(OCC)c1. The Bertz CT molecular complexity index is 1640. The van der Waals surface area contributed by atoms with Gasteiger partial charge in [0.2, 0.25) is 5.95 Å². The van der Waals surface area contributed by atoms with Crippen LogP contribution in [0.5, 0.6) is 17.2 Å². The molecular weight excluding hydrogens is 645 g/mol. The first-order chi connectivity index (χ1) is 20.3. The minimum absolute atomic E-state index is 0.128. The molecule has 1 amide bonds. The second-order valence-corrected chi connectivity index (χ2v) is 10.9. The highest BCUT2D eigenvalue weighted by Gasteiger charge is 2.35. The highest BCUT2D eigenvalue weighted by atomic mass is 79.9. The van der Waals surface area contributed by atoms with Gasteiger partial charge in [-0.2, -0.15) is 10.1 Å². The number of amides is 1. The number of ether oxygens (including phenoxy) is 3. The lowest BCUT2D eigenvalue weighted by atomic mass is 9.94. The molecule has 0 aliphatic carbocycles. The summed E-state index contributed by atoms with van der Waals surface area (Å²) >= 11 is 16.4. The Morgan fingerprint density at radius 1 is 1.02 bits per heavy atom. The van der Waals surface area contributed by atoms with Crippen LogP contribution < -0.4 is 24.8 Å². The molecule has 3 aromatic carbocycles. The summed E-state index contributed by atoms with van der Waals surface area (Å²) in [4.78, 5) is 18.3. The van der Waals surface area contributed by atoms with Gasteiger partial charge in [0.15, 0.2) is 11.5 Å². The molecule has 4 aromatic rings. The summed E-state index contributed by atoms with van der Waals surface area (Å²) in [5.41, 5.74) is 3.03. The van der Waals surface area contributed by atoms with Gasteiger partial charge in [0, 0.05) is 21.3 Å². The van der Waals surface area contributed by atoms with Gasteiger partial charge in [-0.25, -0.2) is 4.68 Å². The molecule has 1 aliphatic heterocycles. The average Bonchev–Trinajstić information content (AvgIpc) is 3.42. The second kappa shape index (κ2) is 13.1. The van der Waals surface area contributed by atoms with Gasteiger partial charge in [0.1, 0.15) is 24.7 Å². The van der Waals surface area contributed by atoms with Gasteiger partial charge in [-0.1, -0.05) is 41.4 Å². The monoisotopic (exact) mass is 671 g/mol. The number of nitrogens with one attached hydrogen (secondary N) is 2.